The largest absolute Gasteiger partial charge is 0.478 e. The predicted molar refractivity (Wildman–Crippen MR) is 90.0 cm³/mol. The third-order valence-electron chi connectivity index (χ3n) is 3.98. The molecule has 0 unspecified atom stereocenters. The van der Waals surface area contributed by atoms with Crippen molar-refractivity contribution < 1.29 is 9.53 Å². The summed E-state index contributed by atoms with van der Waals surface area (Å²) < 4.78 is 5.30. The number of hydrogen-bond donors (Lipinski definition) is 1. The van der Waals surface area contributed by atoms with Crippen LogP contribution in [0.2, 0.25) is 0 Å². The highest BCUT2D eigenvalue weighted by atomic mass is 16.5. The maximum atomic E-state index is 12.5. The van der Waals surface area contributed by atoms with Crippen molar-refractivity contribution in [2.24, 2.45) is 0 Å². The van der Waals surface area contributed by atoms with Crippen molar-refractivity contribution in [1.29, 1.82) is 0 Å². The van der Waals surface area contributed by atoms with Gasteiger partial charge in [0.25, 0.3) is 5.91 Å². The number of carbonyl (C=O) groups excluding carboxylic acids is 1. The maximum Gasteiger partial charge on any atom is 0.255 e. The highest BCUT2D eigenvalue weighted by Crippen LogP contribution is 2.17. The van der Waals surface area contributed by atoms with Crippen molar-refractivity contribution in [1.82, 2.24) is 20.1 Å². The molecular formula is C17H21N5O2. The molecule has 126 valence electrons. The lowest BCUT2D eigenvalue weighted by Crippen LogP contribution is -2.42. The van der Waals surface area contributed by atoms with Crippen molar-refractivity contribution in [3.8, 4) is 5.88 Å². The van der Waals surface area contributed by atoms with E-state index in [9.17, 15) is 4.79 Å². The highest BCUT2D eigenvalue weighted by molar-refractivity contribution is 5.94. The SMILES string of the molecule is CCOc1ccc(C(=O)N2CCC(Nc3cccnn3)CC2)cn1. The Labute approximate surface area is 141 Å². The lowest BCUT2D eigenvalue weighted by atomic mass is 10.0. The second-order valence-corrected chi connectivity index (χ2v) is 5.64. The van der Waals surface area contributed by atoms with Crippen molar-refractivity contribution in [3.05, 3.63) is 42.2 Å². The predicted octanol–water partition coefficient (Wildman–Crippen LogP) is 1.99. The quantitative estimate of drug-likeness (QED) is 0.904. The van der Waals surface area contributed by atoms with E-state index in [1.54, 1.807) is 24.5 Å². The van der Waals surface area contributed by atoms with Crippen molar-refractivity contribution >= 4 is 11.7 Å². The molecule has 0 aliphatic carbocycles. The third-order valence-corrected chi connectivity index (χ3v) is 3.98. The molecule has 24 heavy (non-hydrogen) atoms. The van der Waals surface area contributed by atoms with Crippen LogP contribution >= 0.6 is 0 Å². The zero-order chi connectivity index (χ0) is 16.8. The van der Waals surface area contributed by atoms with Crippen LogP contribution in [0.4, 0.5) is 5.82 Å². The van der Waals surface area contributed by atoms with E-state index >= 15 is 0 Å². The fraction of sp³-hybridized carbons (Fsp3) is 0.412. The molecule has 1 fully saturated rings. The number of nitrogens with one attached hydrogen (secondary N) is 1. The first-order valence-corrected chi connectivity index (χ1v) is 8.18. The summed E-state index contributed by atoms with van der Waals surface area (Å²) in [7, 11) is 0. The number of nitrogens with zero attached hydrogens (tertiary/aromatic N) is 4. The summed E-state index contributed by atoms with van der Waals surface area (Å²) in [6, 6.07) is 7.57. The monoisotopic (exact) mass is 327 g/mol. The first kappa shape index (κ1) is 16.2. The Morgan fingerprint density at radius 1 is 1.33 bits per heavy atom. The molecule has 2 aromatic rings. The van der Waals surface area contributed by atoms with Crippen LogP contribution in [-0.2, 0) is 0 Å². The number of aromatic nitrogens is 3. The summed E-state index contributed by atoms with van der Waals surface area (Å²) in [4.78, 5) is 18.6. The topological polar surface area (TPSA) is 80.2 Å². The number of rotatable bonds is 5. The van der Waals surface area contributed by atoms with Crippen molar-refractivity contribution in [3.63, 3.8) is 0 Å². The molecule has 0 radical (unpaired) electrons. The number of hydrogen-bond acceptors (Lipinski definition) is 6. The number of pyridine rings is 1. The minimum absolute atomic E-state index is 0.0171. The summed E-state index contributed by atoms with van der Waals surface area (Å²) in [6.07, 6.45) is 4.99. The molecule has 0 saturated carbocycles. The van der Waals surface area contributed by atoms with Gasteiger partial charge in [0.1, 0.15) is 5.82 Å². The number of anilines is 1. The van der Waals surface area contributed by atoms with Crippen molar-refractivity contribution in [2.75, 3.05) is 25.0 Å². The van der Waals surface area contributed by atoms with Crippen LogP contribution in [0.3, 0.4) is 0 Å². The zero-order valence-corrected chi connectivity index (χ0v) is 13.7. The van der Waals surface area contributed by atoms with Gasteiger partial charge in [0.15, 0.2) is 0 Å². The van der Waals surface area contributed by atoms with Crippen LogP contribution in [0, 0.1) is 0 Å². The average Bonchev–Trinajstić information content (AvgIpc) is 2.64. The van der Waals surface area contributed by atoms with E-state index in [0.717, 1.165) is 18.7 Å². The summed E-state index contributed by atoms with van der Waals surface area (Å²) in [6.45, 7) is 3.89. The molecule has 0 spiro atoms. The first-order chi connectivity index (χ1) is 11.8. The second-order valence-electron chi connectivity index (χ2n) is 5.64. The Hall–Kier alpha value is -2.70. The maximum absolute atomic E-state index is 12.5. The lowest BCUT2D eigenvalue weighted by molar-refractivity contribution is 0.0718. The van der Waals surface area contributed by atoms with E-state index in [0.29, 0.717) is 37.2 Å². The van der Waals surface area contributed by atoms with Gasteiger partial charge < -0.3 is 15.0 Å². The Bertz CT molecular complexity index is 654. The smallest absolute Gasteiger partial charge is 0.255 e. The van der Waals surface area contributed by atoms with Crippen LogP contribution < -0.4 is 10.1 Å². The number of piperidine rings is 1. The van der Waals surface area contributed by atoms with Gasteiger partial charge in [-0.3, -0.25) is 4.79 Å². The normalized spacial score (nSPS) is 15.1. The van der Waals surface area contributed by atoms with Gasteiger partial charge in [-0.2, -0.15) is 5.10 Å². The van der Waals surface area contributed by atoms with E-state index in [1.165, 1.54) is 0 Å². The molecule has 1 aliphatic rings. The molecule has 3 rings (SSSR count). The Morgan fingerprint density at radius 2 is 2.17 bits per heavy atom. The Kier molecular flexibility index (Phi) is 5.20. The number of amides is 1. The molecule has 7 nitrogen and oxygen atoms in total. The van der Waals surface area contributed by atoms with E-state index < -0.39 is 0 Å². The van der Waals surface area contributed by atoms with E-state index in [1.807, 2.05) is 24.0 Å². The van der Waals surface area contributed by atoms with Gasteiger partial charge in [-0.1, -0.05) is 0 Å². The standard InChI is InChI=1S/C17H21N5O2/c1-2-24-16-6-5-13(12-18-16)17(23)22-10-7-14(8-11-22)20-15-4-3-9-19-21-15/h3-6,9,12,14H,2,7-8,10-11H2,1H3,(H,20,21). The number of ether oxygens (including phenoxy) is 1. The lowest BCUT2D eigenvalue weighted by Gasteiger charge is -2.32. The van der Waals surface area contributed by atoms with Crippen LogP contribution in [0.1, 0.15) is 30.1 Å². The Morgan fingerprint density at radius 3 is 2.79 bits per heavy atom. The van der Waals surface area contributed by atoms with Gasteiger partial charge >= 0.3 is 0 Å². The molecule has 0 aromatic carbocycles. The number of likely N-dealkylation sites (tertiary alicyclic amines) is 1. The summed E-state index contributed by atoms with van der Waals surface area (Å²) >= 11 is 0. The van der Waals surface area contributed by atoms with Gasteiger partial charge in [0.2, 0.25) is 5.88 Å². The highest BCUT2D eigenvalue weighted by Gasteiger charge is 2.24. The molecule has 3 heterocycles. The first-order valence-electron chi connectivity index (χ1n) is 8.18. The molecule has 1 saturated heterocycles. The third kappa shape index (κ3) is 3.98. The molecule has 1 aliphatic heterocycles. The second kappa shape index (κ2) is 7.72. The zero-order valence-electron chi connectivity index (χ0n) is 13.7. The van der Waals surface area contributed by atoms with E-state index in [4.69, 9.17) is 4.74 Å². The van der Waals surface area contributed by atoms with Gasteiger partial charge in [-0.25, -0.2) is 4.98 Å². The summed E-state index contributed by atoms with van der Waals surface area (Å²) in [5, 5.41) is 11.3. The van der Waals surface area contributed by atoms with Gasteiger partial charge in [-0.15, -0.1) is 5.10 Å². The van der Waals surface area contributed by atoms with E-state index in [2.05, 4.69) is 20.5 Å². The minimum Gasteiger partial charge on any atom is -0.478 e. The van der Waals surface area contributed by atoms with Crippen LogP contribution in [-0.4, -0.2) is 51.7 Å². The van der Waals surface area contributed by atoms with Crippen LogP contribution in [0.25, 0.3) is 0 Å². The molecule has 1 N–H and O–H groups in total. The van der Waals surface area contributed by atoms with Crippen LogP contribution in [0.5, 0.6) is 5.88 Å². The molecule has 0 atom stereocenters. The average molecular weight is 327 g/mol. The minimum atomic E-state index is 0.0171. The van der Waals surface area contributed by atoms with Crippen molar-refractivity contribution in [2.45, 2.75) is 25.8 Å². The Balaban J connectivity index is 1.53. The number of carbonyl (C=O) groups is 1. The summed E-state index contributed by atoms with van der Waals surface area (Å²) in [5.74, 6) is 1.34. The van der Waals surface area contributed by atoms with Gasteiger partial charge in [-0.05, 0) is 38.0 Å². The molecule has 1 amide bonds. The molecule has 2 aromatic heterocycles. The molecule has 7 heteroatoms. The fourth-order valence-electron chi connectivity index (χ4n) is 2.74. The summed E-state index contributed by atoms with van der Waals surface area (Å²) in [5.41, 5.74) is 0.596. The van der Waals surface area contributed by atoms with E-state index in [-0.39, 0.29) is 5.91 Å². The van der Waals surface area contributed by atoms with Gasteiger partial charge in [0.05, 0.1) is 12.2 Å². The molecular weight excluding hydrogens is 306 g/mol. The van der Waals surface area contributed by atoms with Gasteiger partial charge in [0, 0.05) is 37.6 Å². The fourth-order valence-corrected chi connectivity index (χ4v) is 2.74. The molecule has 0 bridgehead atoms. The van der Waals surface area contributed by atoms with Crippen LogP contribution in [0.15, 0.2) is 36.7 Å².